The third-order valence-corrected chi connectivity index (χ3v) is 3.78. The molecule has 0 radical (unpaired) electrons. The molecular formula is C17H26N4O3. The predicted octanol–water partition coefficient (Wildman–Crippen LogP) is 2.19. The number of carbonyl (C=O) groups is 2. The van der Waals surface area contributed by atoms with Crippen molar-refractivity contribution in [1.29, 1.82) is 0 Å². The van der Waals surface area contributed by atoms with Crippen LogP contribution < -0.4 is 5.32 Å². The molecule has 7 heteroatoms. The summed E-state index contributed by atoms with van der Waals surface area (Å²) in [6, 6.07) is 0. The maximum atomic E-state index is 12.0. The Morgan fingerprint density at radius 3 is 2.71 bits per heavy atom. The number of aromatic nitrogens is 2. The van der Waals surface area contributed by atoms with Crippen LogP contribution >= 0.6 is 0 Å². The first-order valence-electron chi connectivity index (χ1n) is 8.26. The van der Waals surface area contributed by atoms with Gasteiger partial charge in [0.15, 0.2) is 0 Å². The molecule has 2 N–H and O–H groups in total. The molecule has 1 aliphatic heterocycles. The van der Waals surface area contributed by atoms with Crippen LogP contribution in [0.3, 0.4) is 0 Å². The van der Waals surface area contributed by atoms with Crippen LogP contribution in [0.2, 0.25) is 0 Å². The molecule has 2 rings (SSSR count). The van der Waals surface area contributed by atoms with Crippen LogP contribution in [0.5, 0.6) is 0 Å². The zero-order valence-electron chi connectivity index (χ0n) is 14.5. The highest BCUT2D eigenvalue weighted by molar-refractivity contribution is 5.91. The van der Waals surface area contributed by atoms with Crippen LogP contribution in [0.15, 0.2) is 18.5 Å². The van der Waals surface area contributed by atoms with Crippen molar-refractivity contribution in [2.75, 3.05) is 19.6 Å². The summed E-state index contributed by atoms with van der Waals surface area (Å²) in [5.74, 6) is 0.265. The largest absolute Gasteiger partial charge is 0.444 e. The van der Waals surface area contributed by atoms with Gasteiger partial charge in [-0.05, 0) is 45.6 Å². The van der Waals surface area contributed by atoms with Gasteiger partial charge in [-0.15, -0.1) is 0 Å². The Hall–Kier alpha value is -2.31. The van der Waals surface area contributed by atoms with E-state index in [2.05, 4.69) is 15.5 Å². The summed E-state index contributed by atoms with van der Waals surface area (Å²) in [6.45, 7) is 7.55. The van der Waals surface area contributed by atoms with Crippen LogP contribution in [-0.4, -0.2) is 52.3 Å². The zero-order chi connectivity index (χ0) is 17.6. The standard InChI is InChI=1S/C17H26N4O3/c1-17(2,3)24-16(23)21-8-6-13(7-9-21)10-18-15(22)5-4-14-11-19-20-12-14/h4-5,11-13H,6-10H2,1-3H3,(H,18,22)(H,19,20)/b5-4+. The lowest BCUT2D eigenvalue weighted by Crippen LogP contribution is -2.43. The molecule has 0 aromatic carbocycles. The molecule has 0 spiro atoms. The molecule has 0 aliphatic carbocycles. The number of amides is 2. The van der Waals surface area contributed by atoms with Gasteiger partial charge < -0.3 is 15.0 Å². The van der Waals surface area contributed by atoms with Crippen LogP contribution in [0.25, 0.3) is 6.08 Å². The lowest BCUT2D eigenvalue weighted by atomic mass is 9.97. The first-order chi connectivity index (χ1) is 11.3. The van der Waals surface area contributed by atoms with Gasteiger partial charge in [0.25, 0.3) is 0 Å². The Kier molecular flexibility index (Phi) is 6.00. The molecule has 1 saturated heterocycles. The third kappa shape index (κ3) is 6.06. The molecule has 2 amide bonds. The lowest BCUT2D eigenvalue weighted by molar-refractivity contribution is -0.116. The topological polar surface area (TPSA) is 87.3 Å². The van der Waals surface area contributed by atoms with Gasteiger partial charge in [0.1, 0.15) is 5.60 Å². The van der Waals surface area contributed by atoms with E-state index in [-0.39, 0.29) is 12.0 Å². The maximum Gasteiger partial charge on any atom is 0.410 e. The molecular weight excluding hydrogens is 308 g/mol. The number of ether oxygens (including phenoxy) is 1. The van der Waals surface area contributed by atoms with Crippen molar-refractivity contribution in [3.05, 3.63) is 24.0 Å². The van der Waals surface area contributed by atoms with E-state index in [4.69, 9.17) is 4.74 Å². The van der Waals surface area contributed by atoms with E-state index >= 15 is 0 Å². The van der Waals surface area contributed by atoms with Crippen molar-refractivity contribution in [3.63, 3.8) is 0 Å². The molecule has 1 fully saturated rings. The molecule has 1 aliphatic rings. The summed E-state index contributed by atoms with van der Waals surface area (Å²) in [4.78, 5) is 25.5. The fourth-order valence-electron chi connectivity index (χ4n) is 2.47. The molecule has 0 atom stereocenters. The number of hydrogen-bond acceptors (Lipinski definition) is 4. The Bertz CT molecular complexity index is 567. The van der Waals surface area contributed by atoms with Crippen molar-refractivity contribution in [2.45, 2.75) is 39.2 Å². The summed E-state index contributed by atoms with van der Waals surface area (Å²) >= 11 is 0. The molecule has 2 heterocycles. The number of rotatable bonds is 4. The number of H-pyrrole nitrogens is 1. The minimum Gasteiger partial charge on any atom is -0.444 e. The van der Waals surface area contributed by atoms with Gasteiger partial charge in [0, 0.05) is 37.5 Å². The molecule has 1 aromatic heterocycles. The fourth-order valence-corrected chi connectivity index (χ4v) is 2.47. The van der Waals surface area contributed by atoms with Crippen LogP contribution in [0.4, 0.5) is 4.79 Å². The van der Waals surface area contributed by atoms with Crippen molar-refractivity contribution in [3.8, 4) is 0 Å². The monoisotopic (exact) mass is 334 g/mol. The predicted molar refractivity (Wildman–Crippen MR) is 91.2 cm³/mol. The highest BCUT2D eigenvalue weighted by Gasteiger charge is 2.26. The number of carbonyl (C=O) groups excluding carboxylic acids is 2. The quantitative estimate of drug-likeness (QED) is 0.826. The Morgan fingerprint density at radius 1 is 1.42 bits per heavy atom. The van der Waals surface area contributed by atoms with Gasteiger partial charge in [-0.25, -0.2) is 4.79 Å². The number of likely N-dealkylation sites (tertiary alicyclic amines) is 1. The summed E-state index contributed by atoms with van der Waals surface area (Å²) in [7, 11) is 0. The normalized spacial score (nSPS) is 16.4. The fraction of sp³-hybridized carbons (Fsp3) is 0.588. The number of nitrogens with one attached hydrogen (secondary N) is 2. The molecule has 7 nitrogen and oxygen atoms in total. The molecule has 24 heavy (non-hydrogen) atoms. The third-order valence-electron chi connectivity index (χ3n) is 3.78. The van der Waals surface area contributed by atoms with E-state index in [1.54, 1.807) is 23.4 Å². The highest BCUT2D eigenvalue weighted by atomic mass is 16.6. The Balaban J connectivity index is 1.67. The average molecular weight is 334 g/mol. The van der Waals surface area contributed by atoms with E-state index in [0.29, 0.717) is 25.6 Å². The van der Waals surface area contributed by atoms with Crippen LogP contribution in [0, 0.1) is 5.92 Å². The van der Waals surface area contributed by atoms with Gasteiger partial charge >= 0.3 is 6.09 Å². The zero-order valence-corrected chi connectivity index (χ0v) is 14.5. The molecule has 132 valence electrons. The van der Waals surface area contributed by atoms with Crippen molar-refractivity contribution in [2.24, 2.45) is 5.92 Å². The van der Waals surface area contributed by atoms with Crippen LogP contribution in [0.1, 0.15) is 39.2 Å². The summed E-state index contributed by atoms with van der Waals surface area (Å²) in [6.07, 6.45) is 8.06. The van der Waals surface area contributed by atoms with Gasteiger partial charge in [0.2, 0.25) is 5.91 Å². The lowest BCUT2D eigenvalue weighted by Gasteiger charge is -2.33. The van der Waals surface area contributed by atoms with Crippen molar-refractivity contribution in [1.82, 2.24) is 20.4 Å². The summed E-state index contributed by atoms with van der Waals surface area (Å²) in [5.41, 5.74) is 0.388. The number of piperidine rings is 1. The SMILES string of the molecule is CC(C)(C)OC(=O)N1CCC(CNC(=O)/C=C/c2cn[nH]c2)CC1. The Morgan fingerprint density at radius 2 is 2.12 bits per heavy atom. The van der Waals surface area contributed by atoms with Gasteiger partial charge in [-0.1, -0.05) is 0 Å². The van der Waals surface area contributed by atoms with Crippen molar-refractivity contribution < 1.29 is 14.3 Å². The first kappa shape index (κ1) is 18.0. The van der Waals surface area contributed by atoms with Crippen molar-refractivity contribution >= 4 is 18.1 Å². The summed E-state index contributed by atoms with van der Waals surface area (Å²) < 4.78 is 5.38. The smallest absolute Gasteiger partial charge is 0.410 e. The van der Waals surface area contributed by atoms with E-state index in [1.807, 2.05) is 20.8 Å². The van der Waals surface area contributed by atoms with Gasteiger partial charge in [-0.3, -0.25) is 9.89 Å². The van der Waals surface area contributed by atoms with Crippen LogP contribution in [-0.2, 0) is 9.53 Å². The molecule has 0 bridgehead atoms. The first-order valence-corrected chi connectivity index (χ1v) is 8.26. The highest BCUT2D eigenvalue weighted by Crippen LogP contribution is 2.19. The second kappa shape index (κ2) is 7.99. The number of hydrogen-bond donors (Lipinski definition) is 2. The van der Waals surface area contributed by atoms with E-state index in [9.17, 15) is 9.59 Å². The number of nitrogens with zero attached hydrogens (tertiary/aromatic N) is 2. The molecule has 1 aromatic rings. The second-order valence-electron chi connectivity index (χ2n) is 7.02. The summed E-state index contributed by atoms with van der Waals surface area (Å²) in [5, 5.41) is 9.41. The van der Waals surface area contributed by atoms with Gasteiger partial charge in [-0.2, -0.15) is 5.10 Å². The number of aromatic amines is 1. The van der Waals surface area contributed by atoms with Gasteiger partial charge in [0.05, 0.1) is 6.20 Å². The van der Waals surface area contributed by atoms with E-state index in [1.165, 1.54) is 6.08 Å². The Labute approximate surface area is 142 Å². The van der Waals surface area contributed by atoms with E-state index < -0.39 is 5.60 Å². The molecule has 0 unspecified atom stereocenters. The maximum absolute atomic E-state index is 12.0. The minimum atomic E-state index is -0.469. The second-order valence-corrected chi connectivity index (χ2v) is 7.02. The minimum absolute atomic E-state index is 0.120. The van der Waals surface area contributed by atoms with E-state index in [0.717, 1.165) is 18.4 Å². The molecule has 0 saturated carbocycles. The average Bonchev–Trinajstić information content (AvgIpc) is 3.03.